The average Bonchev–Trinajstić information content (AvgIpc) is 3.09. The SMILES string of the molecule is CCC(C)C(=O)Nc1ccccc1C(=O)N1CCC2(CCCO2)CC1. The highest BCUT2D eigenvalue weighted by molar-refractivity contribution is 6.04. The number of para-hydroxylation sites is 1. The summed E-state index contributed by atoms with van der Waals surface area (Å²) in [6, 6.07) is 7.29. The summed E-state index contributed by atoms with van der Waals surface area (Å²) in [7, 11) is 0. The molecule has 1 aromatic rings. The number of benzene rings is 1. The Balaban J connectivity index is 1.69. The van der Waals surface area contributed by atoms with E-state index in [1.54, 1.807) is 12.1 Å². The number of nitrogens with one attached hydrogen (secondary N) is 1. The Morgan fingerprint density at radius 3 is 2.60 bits per heavy atom. The molecule has 3 rings (SSSR count). The number of anilines is 1. The molecule has 0 bridgehead atoms. The molecule has 2 aliphatic heterocycles. The van der Waals surface area contributed by atoms with E-state index in [1.807, 2.05) is 30.9 Å². The Morgan fingerprint density at radius 1 is 1.24 bits per heavy atom. The number of likely N-dealkylation sites (tertiary alicyclic amines) is 1. The van der Waals surface area contributed by atoms with Crippen LogP contribution in [0, 0.1) is 5.92 Å². The summed E-state index contributed by atoms with van der Waals surface area (Å²) in [6.07, 6.45) is 4.81. The zero-order valence-corrected chi connectivity index (χ0v) is 15.2. The average molecular weight is 344 g/mol. The Bertz CT molecular complexity index is 628. The zero-order chi connectivity index (χ0) is 17.9. The van der Waals surface area contributed by atoms with E-state index in [1.165, 1.54) is 0 Å². The molecule has 2 saturated heterocycles. The summed E-state index contributed by atoms with van der Waals surface area (Å²) in [5, 5.41) is 2.92. The molecule has 25 heavy (non-hydrogen) atoms. The fourth-order valence-electron chi connectivity index (χ4n) is 3.66. The lowest BCUT2D eigenvalue weighted by molar-refractivity contribution is -0.119. The molecule has 1 atom stereocenters. The van der Waals surface area contributed by atoms with Crippen LogP contribution in [0.25, 0.3) is 0 Å². The number of hydrogen-bond acceptors (Lipinski definition) is 3. The normalized spacial score (nSPS) is 20.5. The van der Waals surface area contributed by atoms with Gasteiger partial charge in [-0.3, -0.25) is 9.59 Å². The molecule has 0 radical (unpaired) electrons. The Morgan fingerprint density at radius 2 is 1.96 bits per heavy atom. The van der Waals surface area contributed by atoms with Gasteiger partial charge in [-0.25, -0.2) is 0 Å². The van der Waals surface area contributed by atoms with E-state index in [0.29, 0.717) is 24.3 Å². The van der Waals surface area contributed by atoms with Crippen LogP contribution >= 0.6 is 0 Å². The van der Waals surface area contributed by atoms with Crippen LogP contribution in [0.1, 0.15) is 56.3 Å². The van der Waals surface area contributed by atoms with E-state index in [0.717, 1.165) is 38.7 Å². The number of amides is 2. The molecule has 5 heteroatoms. The Hall–Kier alpha value is -1.88. The molecule has 2 fully saturated rings. The number of piperidine rings is 1. The lowest BCUT2D eigenvalue weighted by Crippen LogP contribution is -2.46. The predicted octanol–water partition coefficient (Wildman–Crippen LogP) is 3.46. The van der Waals surface area contributed by atoms with Gasteiger partial charge in [-0.05, 0) is 44.2 Å². The predicted molar refractivity (Wildman–Crippen MR) is 97.6 cm³/mol. The largest absolute Gasteiger partial charge is 0.375 e. The van der Waals surface area contributed by atoms with Crippen LogP contribution in [0.5, 0.6) is 0 Å². The van der Waals surface area contributed by atoms with Crippen molar-refractivity contribution in [3.05, 3.63) is 29.8 Å². The second kappa shape index (κ2) is 7.56. The molecule has 1 aromatic carbocycles. The van der Waals surface area contributed by atoms with Crippen molar-refractivity contribution >= 4 is 17.5 Å². The molecule has 0 aromatic heterocycles. The molecule has 2 aliphatic rings. The van der Waals surface area contributed by atoms with Crippen molar-refractivity contribution in [1.29, 1.82) is 0 Å². The first-order chi connectivity index (χ1) is 12.0. The maximum atomic E-state index is 13.0. The first kappa shape index (κ1) is 17.9. The molecular formula is C20H28N2O3. The third-order valence-corrected chi connectivity index (χ3v) is 5.62. The number of ether oxygens (including phenoxy) is 1. The number of hydrogen-bond donors (Lipinski definition) is 1. The van der Waals surface area contributed by atoms with Crippen molar-refractivity contribution < 1.29 is 14.3 Å². The Labute approximate surface area is 149 Å². The van der Waals surface area contributed by atoms with E-state index >= 15 is 0 Å². The van der Waals surface area contributed by atoms with Gasteiger partial charge in [0.1, 0.15) is 0 Å². The van der Waals surface area contributed by atoms with Crippen LogP contribution in [0.2, 0.25) is 0 Å². The van der Waals surface area contributed by atoms with Crippen molar-refractivity contribution in [2.75, 3.05) is 25.0 Å². The first-order valence-corrected chi connectivity index (χ1v) is 9.38. The zero-order valence-electron chi connectivity index (χ0n) is 15.2. The number of nitrogens with zero attached hydrogens (tertiary/aromatic N) is 1. The van der Waals surface area contributed by atoms with E-state index in [4.69, 9.17) is 4.74 Å². The molecule has 1 unspecified atom stereocenters. The quantitative estimate of drug-likeness (QED) is 0.910. The van der Waals surface area contributed by atoms with Crippen molar-refractivity contribution in [1.82, 2.24) is 4.90 Å². The van der Waals surface area contributed by atoms with Crippen LogP contribution in [-0.4, -0.2) is 42.0 Å². The second-order valence-electron chi connectivity index (χ2n) is 7.27. The summed E-state index contributed by atoms with van der Waals surface area (Å²) >= 11 is 0. The molecule has 0 aliphatic carbocycles. The van der Waals surface area contributed by atoms with Gasteiger partial charge in [0.2, 0.25) is 5.91 Å². The van der Waals surface area contributed by atoms with Gasteiger partial charge in [-0.2, -0.15) is 0 Å². The van der Waals surface area contributed by atoms with Gasteiger partial charge in [-0.15, -0.1) is 0 Å². The van der Waals surface area contributed by atoms with E-state index in [-0.39, 0.29) is 23.3 Å². The molecule has 2 heterocycles. The molecule has 1 spiro atoms. The van der Waals surface area contributed by atoms with Crippen LogP contribution in [0.3, 0.4) is 0 Å². The van der Waals surface area contributed by atoms with Crippen molar-refractivity contribution in [2.45, 2.75) is 51.6 Å². The highest BCUT2D eigenvalue weighted by Crippen LogP contribution is 2.36. The summed E-state index contributed by atoms with van der Waals surface area (Å²) in [5.74, 6) is -0.120. The minimum atomic E-state index is -0.0717. The standard InChI is InChI=1S/C20H28N2O3/c1-3-15(2)18(23)21-17-8-5-4-7-16(17)19(24)22-12-10-20(11-13-22)9-6-14-25-20/h4-5,7-8,15H,3,6,9-14H2,1-2H3,(H,21,23). The van der Waals surface area contributed by atoms with Gasteiger partial charge < -0.3 is 15.0 Å². The topological polar surface area (TPSA) is 58.6 Å². The minimum Gasteiger partial charge on any atom is -0.375 e. The maximum Gasteiger partial charge on any atom is 0.255 e. The van der Waals surface area contributed by atoms with Crippen LogP contribution in [-0.2, 0) is 9.53 Å². The highest BCUT2D eigenvalue weighted by Gasteiger charge is 2.39. The third-order valence-electron chi connectivity index (χ3n) is 5.62. The fraction of sp³-hybridized carbons (Fsp3) is 0.600. The lowest BCUT2D eigenvalue weighted by Gasteiger charge is -2.38. The van der Waals surface area contributed by atoms with E-state index < -0.39 is 0 Å². The third kappa shape index (κ3) is 3.87. The van der Waals surface area contributed by atoms with Gasteiger partial charge in [0.05, 0.1) is 16.9 Å². The molecule has 0 saturated carbocycles. The van der Waals surface area contributed by atoms with Gasteiger partial charge in [-0.1, -0.05) is 26.0 Å². The summed E-state index contributed by atoms with van der Waals surface area (Å²) in [5.41, 5.74) is 1.18. The smallest absolute Gasteiger partial charge is 0.255 e. The van der Waals surface area contributed by atoms with Crippen LogP contribution < -0.4 is 5.32 Å². The molecule has 5 nitrogen and oxygen atoms in total. The lowest BCUT2D eigenvalue weighted by atomic mass is 9.88. The van der Waals surface area contributed by atoms with Gasteiger partial charge >= 0.3 is 0 Å². The van der Waals surface area contributed by atoms with Crippen molar-refractivity contribution in [3.8, 4) is 0 Å². The highest BCUT2D eigenvalue weighted by atomic mass is 16.5. The Kier molecular flexibility index (Phi) is 5.42. The summed E-state index contributed by atoms with van der Waals surface area (Å²) in [6.45, 7) is 6.15. The van der Waals surface area contributed by atoms with Crippen LogP contribution in [0.4, 0.5) is 5.69 Å². The first-order valence-electron chi connectivity index (χ1n) is 9.38. The summed E-state index contributed by atoms with van der Waals surface area (Å²) < 4.78 is 5.94. The van der Waals surface area contributed by atoms with Gasteiger partial charge in [0, 0.05) is 25.6 Å². The second-order valence-corrected chi connectivity index (χ2v) is 7.27. The van der Waals surface area contributed by atoms with Gasteiger partial charge in [0.15, 0.2) is 0 Å². The van der Waals surface area contributed by atoms with E-state index in [9.17, 15) is 9.59 Å². The van der Waals surface area contributed by atoms with E-state index in [2.05, 4.69) is 5.32 Å². The van der Waals surface area contributed by atoms with Crippen molar-refractivity contribution in [2.24, 2.45) is 5.92 Å². The van der Waals surface area contributed by atoms with Gasteiger partial charge in [0.25, 0.3) is 5.91 Å². The number of carbonyl (C=O) groups is 2. The molecule has 136 valence electrons. The number of carbonyl (C=O) groups excluding carboxylic acids is 2. The summed E-state index contributed by atoms with van der Waals surface area (Å²) in [4.78, 5) is 27.1. The molecule has 1 N–H and O–H groups in total. The monoisotopic (exact) mass is 344 g/mol. The van der Waals surface area contributed by atoms with Crippen molar-refractivity contribution in [3.63, 3.8) is 0 Å². The fourth-order valence-corrected chi connectivity index (χ4v) is 3.66. The minimum absolute atomic E-state index is 0.00106. The molecule has 2 amide bonds. The number of rotatable bonds is 4. The maximum absolute atomic E-state index is 13.0. The molecular weight excluding hydrogens is 316 g/mol. The van der Waals surface area contributed by atoms with Crippen LogP contribution in [0.15, 0.2) is 24.3 Å².